The number of nitrogens with one attached hydrogen (secondary N) is 1. The molecule has 136 valence electrons. The highest BCUT2D eigenvalue weighted by atomic mass is 16.5. The van der Waals surface area contributed by atoms with Gasteiger partial charge in [0.25, 0.3) is 5.56 Å². The molecule has 0 amide bonds. The fraction of sp³-hybridized carbons (Fsp3) is 0.722. The molecule has 0 aliphatic carbocycles. The van der Waals surface area contributed by atoms with E-state index in [1.807, 2.05) is 0 Å². The first-order chi connectivity index (χ1) is 11.6. The highest BCUT2D eigenvalue weighted by molar-refractivity contribution is 5.68. The number of hydrogen-bond donors (Lipinski definition) is 1. The summed E-state index contributed by atoms with van der Waals surface area (Å²) in [6.45, 7) is 3.02. The summed E-state index contributed by atoms with van der Waals surface area (Å²) in [6.07, 6.45) is 12.2. The summed E-state index contributed by atoms with van der Waals surface area (Å²) < 4.78 is 6.58. The number of hydrogen-bond acceptors (Lipinski definition) is 4. The highest BCUT2D eigenvalue weighted by Gasteiger charge is 1.98. The molecule has 1 N–H and O–H groups in total. The largest absolute Gasteiger partial charge is 0.466 e. The molecule has 0 bridgehead atoms. The predicted molar refractivity (Wildman–Crippen MR) is 94.1 cm³/mol. The van der Waals surface area contributed by atoms with E-state index in [0.717, 1.165) is 25.7 Å². The first-order valence-electron chi connectivity index (χ1n) is 9.09. The molecule has 0 radical (unpaired) electrons. The topological polar surface area (TPSA) is 81.2 Å². The monoisotopic (exact) mass is 338 g/mol. The number of rotatable bonds is 13. The number of carbonyl (C=O) groups excluding carboxylic acids is 1. The van der Waals surface area contributed by atoms with E-state index < -0.39 is 0 Å². The molecule has 0 saturated carbocycles. The van der Waals surface area contributed by atoms with Gasteiger partial charge >= 0.3 is 11.7 Å². The maximum atomic E-state index is 11.5. The number of ether oxygens (including phenoxy) is 1. The van der Waals surface area contributed by atoms with E-state index in [-0.39, 0.29) is 17.2 Å². The van der Waals surface area contributed by atoms with Gasteiger partial charge in [0, 0.05) is 25.2 Å². The molecule has 1 heterocycles. The Balaban J connectivity index is 1.89. The van der Waals surface area contributed by atoms with Gasteiger partial charge in [-0.2, -0.15) is 0 Å². The number of aromatic amines is 1. The van der Waals surface area contributed by atoms with Gasteiger partial charge in [0.2, 0.25) is 0 Å². The van der Waals surface area contributed by atoms with Crippen molar-refractivity contribution >= 4 is 5.97 Å². The summed E-state index contributed by atoms with van der Waals surface area (Å²) in [4.78, 5) is 35.6. The molecule has 6 heteroatoms. The van der Waals surface area contributed by atoms with Crippen molar-refractivity contribution in [3.8, 4) is 0 Å². The molecule has 0 aliphatic rings. The molecular formula is C18H30N2O4. The van der Waals surface area contributed by atoms with Crippen LogP contribution in [0.15, 0.2) is 21.9 Å². The second-order valence-corrected chi connectivity index (χ2v) is 6.06. The van der Waals surface area contributed by atoms with Gasteiger partial charge in [0.1, 0.15) is 0 Å². The molecule has 24 heavy (non-hydrogen) atoms. The average molecular weight is 338 g/mol. The molecule has 0 atom stereocenters. The van der Waals surface area contributed by atoms with Crippen LogP contribution in [0.3, 0.4) is 0 Å². The number of nitrogens with zero attached hydrogens (tertiary/aromatic N) is 1. The van der Waals surface area contributed by atoms with Gasteiger partial charge in [0.05, 0.1) is 6.61 Å². The molecular weight excluding hydrogens is 308 g/mol. The predicted octanol–water partition coefficient (Wildman–Crippen LogP) is 3.00. The van der Waals surface area contributed by atoms with Crippen molar-refractivity contribution in [3.05, 3.63) is 33.1 Å². The Morgan fingerprint density at radius 3 is 2.17 bits per heavy atom. The van der Waals surface area contributed by atoms with Crippen molar-refractivity contribution in [3.63, 3.8) is 0 Å². The van der Waals surface area contributed by atoms with Crippen molar-refractivity contribution in [2.24, 2.45) is 0 Å². The maximum absolute atomic E-state index is 11.5. The van der Waals surface area contributed by atoms with Crippen molar-refractivity contribution in [1.82, 2.24) is 9.55 Å². The lowest BCUT2D eigenvalue weighted by Gasteiger charge is -2.05. The van der Waals surface area contributed by atoms with Gasteiger partial charge in [-0.15, -0.1) is 0 Å². The molecule has 6 nitrogen and oxygen atoms in total. The third-order valence-electron chi connectivity index (χ3n) is 3.99. The van der Waals surface area contributed by atoms with Gasteiger partial charge in [-0.3, -0.25) is 14.6 Å². The van der Waals surface area contributed by atoms with E-state index in [1.165, 1.54) is 38.2 Å². The lowest BCUT2D eigenvalue weighted by atomic mass is 10.1. The van der Waals surface area contributed by atoms with Crippen molar-refractivity contribution in [2.45, 2.75) is 77.7 Å². The summed E-state index contributed by atoms with van der Waals surface area (Å²) in [5.74, 6) is -0.112. The van der Waals surface area contributed by atoms with Crippen LogP contribution in [0.25, 0.3) is 0 Å². The number of H-pyrrole nitrogens is 1. The minimum absolute atomic E-state index is 0.112. The molecule has 1 rings (SSSR count). The zero-order chi connectivity index (χ0) is 17.6. The van der Waals surface area contributed by atoms with Gasteiger partial charge in [-0.05, 0) is 12.8 Å². The number of carbonyl (C=O) groups is 1. The Bertz CT molecular complexity index is 577. The zero-order valence-corrected chi connectivity index (χ0v) is 14.7. The smallest absolute Gasteiger partial charge is 0.328 e. The standard InChI is InChI=1S/C18H30N2O4/c1-2-17(22)24-15-11-9-7-5-3-4-6-8-10-13-20-14-12-16(21)19-18(20)23/h12,14H,2-11,13,15H2,1H3,(H,19,21,23). The van der Waals surface area contributed by atoms with Gasteiger partial charge in [-0.25, -0.2) is 4.79 Å². The Hall–Kier alpha value is -1.85. The number of aryl methyl sites for hydroxylation is 1. The third kappa shape index (κ3) is 9.33. The van der Waals surface area contributed by atoms with E-state index in [1.54, 1.807) is 17.7 Å². The van der Waals surface area contributed by atoms with Crippen molar-refractivity contribution < 1.29 is 9.53 Å². The lowest BCUT2D eigenvalue weighted by molar-refractivity contribution is -0.143. The molecule has 0 aromatic carbocycles. The van der Waals surface area contributed by atoms with Crippen LogP contribution in [-0.4, -0.2) is 22.1 Å². The van der Waals surface area contributed by atoms with E-state index in [0.29, 0.717) is 19.6 Å². The summed E-state index contributed by atoms with van der Waals surface area (Å²) in [6, 6.07) is 1.38. The maximum Gasteiger partial charge on any atom is 0.328 e. The van der Waals surface area contributed by atoms with Gasteiger partial charge in [0.15, 0.2) is 0 Å². The van der Waals surface area contributed by atoms with Crippen LogP contribution < -0.4 is 11.2 Å². The first-order valence-corrected chi connectivity index (χ1v) is 9.09. The highest BCUT2D eigenvalue weighted by Crippen LogP contribution is 2.10. The SMILES string of the molecule is CCC(=O)OCCCCCCCCCCCn1ccc(=O)[nH]c1=O. The van der Waals surface area contributed by atoms with E-state index in [9.17, 15) is 14.4 Å². The minimum Gasteiger partial charge on any atom is -0.466 e. The Kier molecular flexibility index (Phi) is 10.6. The van der Waals surface area contributed by atoms with Crippen LogP contribution in [-0.2, 0) is 16.1 Å². The van der Waals surface area contributed by atoms with Crippen molar-refractivity contribution in [1.29, 1.82) is 0 Å². The van der Waals surface area contributed by atoms with Crippen LogP contribution in [0.2, 0.25) is 0 Å². The van der Waals surface area contributed by atoms with Crippen LogP contribution in [0.4, 0.5) is 0 Å². The Morgan fingerprint density at radius 1 is 1.00 bits per heavy atom. The Labute approximate surface area is 143 Å². The number of unbranched alkanes of at least 4 members (excludes halogenated alkanes) is 8. The quantitative estimate of drug-likeness (QED) is 0.443. The zero-order valence-electron chi connectivity index (χ0n) is 14.7. The summed E-state index contributed by atoms with van der Waals surface area (Å²) in [5.41, 5.74) is -0.674. The van der Waals surface area contributed by atoms with Crippen LogP contribution in [0, 0.1) is 0 Å². The fourth-order valence-corrected chi connectivity index (χ4v) is 2.53. The summed E-state index contributed by atoms with van der Waals surface area (Å²) in [7, 11) is 0. The molecule has 1 aromatic rings. The molecule has 0 aliphatic heterocycles. The molecule has 0 spiro atoms. The number of esters is 1. The second kappa shape index (κ2) is 12.6. The van der Waals surface area contributed by atoms with Crippen LogP contribution >= 0.6 is 0 Å². The number of aromatic nitrogens is 2. The minimum atomic E-state index is -0.347. The average Bonchev–Trinajstić information content (AvgIpc) is 2.57. The van der Waals surface area contributed by atoms with E-state index in [4.69, 9.17) is 4.74 Å². The Morgan fingerprint density at radius 2 is 1.58 bits per heavy atom. The normalized spacial score (nSPS) is 10.7. The molecule has 0 unspecified atom stereocenters. The summed E-state index contributed by atoms with van der Waals surface area (Å²) >= 11 is 0. The van der Waals surface area contributed by atoms with Gasteiger partial charge in [-0.1, -0.05) is 51.9 Å². The first kappa shape index (κ1) is 20.2. The van der Waals surface area contributed by atoms with Crippen molar-refractivity contribution in [2.75, 3.05) is 6.61 Å². The van der Waals surface area contributed by atoms with Gasteiger partial charge < -0.3 is 9.30 Å². The lowest BCUT2D eigenvalue weighted by Crippen LogP contribution is -2.28. The van der Waals surface area contributed by atoms with E-state index in [2.05, 4.69) is 4.98 Å². The van der Waals surface area contributed by atoms with Crippen LogP contribution in [0.1, 0.15) is 71.1 Å². The second-order valence-electron chi connectivity index (χ2n) is 6.06. The molecule has 0 saturated heterocycles. The van der Waals surface area contributed by atoms with Crippen LogP contribution in [0.5, 0.6) is 0 Å². The summed E-state index contributed by atoms with van der Waals surface area (Å²) in [5, 5.41) is 0. The third-order valence-corrected chi connectivity index (χ3v) is 3.99. The fourth-order valence-electron chi connectivity index (χ4n) is 2.53. The molecule has 0 fully saturated rings. The molecule has 1 aromatic heterocycles. The van der Waals surface area contributed by atoms with E-state index >= 15 is 0 Å².